The molecule has 1 unspecified atom stereocenters. The lowest BCUT2D eigenvalue weighted by atomic mass is 10.1. The molecule has 104 valence electrons. The molecule has 1 heterocycles. The highest BCUT2D eigenvalue weighted by Gasteiger charge is 2.22. The Morgan fingerprint density at radius 3 is 2.95 bits per heavy atom. The molecule has 1 N–H and O–H groups in total. The van der Waals surface area contributed by atoms with Gasteiger partial charge >= 0.3 is 0 Å². The van der Waals surface area contributed by atoms with Crippen molar-refractivity contribution >= 4 is 11.4 Å². The van der Waals surface area contributed by atoms with Crippen LogP contribution in [-0.2, 0) is 0 Å². The predicted octanol–water partition coefficient (Wildman–Crippen LogP) is 2.80. The summed E-state index contributed by atoms with van der Waals surface area (Å²) in [5, 5.41) is 14.2. The van der Waals surface area contributed by atoms with Crippen molar-refractivity contribution in [1.29, 1.82) is 0 Å². The van der Waals surface area contributed by atoms with Crippen LogP contribution in [0.15, 0.2) is 18.2 Å². The molecule has 1 aliphatic rings. The second kappa shape index (κ2) is 6.02. The fraction of sp³-hybridized carbons (Fsp3) is 0.571. The predicted molar refractivity (Wildman–Crippen MR) is 76.6 cm³/mol. The zero-order valence-corrected chi connectivity index (χ0v) is 11.6. The third-order valence-electron chi connectivity index (χ3n) is 3.84. The van der Waals surface area contributed by atoms with E-state index in [-0.39, 0.29) is 10.6 Å². The fourth-order valence-corrected chi connectivity index (χ4v) is 2.75. The largest absolute Gasteiger partial charge is 0.383 e. The molecule has 5 nitrogen and oxygen atoms in total. The third kappa shape index (κ3) is 3.23. The molecular formula is C14H21N3O2. The number of likely N-dealkylation sites (N-methyl/N-ethyl adjacent to an activating group) is 1. The van der Waals surface area contributed by atoms with Crippen LogP contribution in [0.25, 0.3) is 0 Å². The summed E-state index contributed by atoms with van der Waals surface area (Å²) in [7, 11) is 0. The van der Waals surface area contributed by atoms with E-state index in [1.807, 2.05) is 6.07 Å². The van der Waals surface area contributed by atoms with Crippen molar-refractivity contribution in [2.45, 2.75) is 32.7 Å². The van der Waals surface area contributed by atoms with E-state index in [1.165, 1.54) is 19.4 Å². The van der Waals surface area contributed by atoms with E-state index in [1.54, 1.807) is 19.1 Å². The van der Waals surface area contributed by atoms with E-state index >= 15 is 0 Å². The van der Waals surface area contributed by atoms with Gasteiger partial charge in [-0.25, -0.2) is 0 Å². The van der Waals surface area contributed by atoms with Gasteiger partial charge in [0.1, 0.15) is 0 Å². The molecule has 1 saturated heterocycles. The number of nitro groups is 1. The number of hydrogen-bond donors (Lipinski definition) is 1. The van der Waals surface area contributed by atoms with Crippen LogP contribution in [0.4, 0.5) is 11.4 Å². The van der Waals surface area contributed by atoms with Crippen LogP contribution in [0.1, 0.15) is 25.3 Å². The van der Waals surface area contributed by atoms with Gasteiger partial charge in [0.25, 0.3) is 5.69 Å². The Hall–Kier alpha value is -1.62. The average Bonchev–Trinajstić information content (AvgIpc) is 2.83. The van der Waals surface area contributed by atoms with Gasteiger partial charge in [0, 0.05) is 29.9 Å². The summed E-state index contributed by atoms with van der Waals surface area (Å²) < 4.78 is 0. The number of nitrogens with one attached hydrogen (secondary N) is 1. The first-order valence-electron chi connectivity index (χ1n) is 6.84. The molecule has 1 aromatic rings. The van der Waals surface area contributed by atoms with E-state index in [9.17, 15) is 10.1 Å². The minimum atomic E-state index is -0.338. The number of likely N-dealkylation sites (tertiary alicyclic amines) is 1. The summed E-state index contributed by atoms with van der Waals surface area (Å²) in [4.78, 5) is 12.9. The molecule has 0 radical (unpaired) electrons. The van der Waals surface area contributed by atoms with Gasteiger partial charge in [0.2, 0.25) is 0 Å². The van der Waals surface area contributed by atoms with Crippen LogP contribution < -0.4 is 5.32 Å². The van der Waals surface area contributed by atoms with Crippen LogP contribution in [0, 0.1) is 17.0 Å². The van der Waals surface area contributed by atoms with Gasteiger partial charge in [-0.05, 0) is 45.0 Å². The summed E-state index contributed by atoms with van der Waals surface area (Å²) in [6.07, 6.45) is 2.49. The van der Waals surface area contributed by atoms with Gasteiger partial charge in [-0.2, -0.15) is 0 Å². The van der Waals surface area contributed by atoms with Crippen LogP contribution in [0.2, 0.25) is 0 Å². The van der Waals surface area contributed by atoms with Crippen LogP contribution in [-0.4, -0.2) is 35.5 Å². The fourth-order valence-electron chi connectivity index (χ4n) is 2.75. The smallest absolute Gasteiger partial charge is 0.272 e. The molecule has 1 aromatic carbocycles. The van der Waals surface area contributed by atoms with Gasteiger partial charge in [-0.3, -0.25) is 15.0 Å². The number of hydrogen-bond acceptors (Lipinski definition) is 4. The van der Waals surface area contributed by atoms with Crippen molar-refractivity contribution in [3.63, 3.8) is 0 Å². The van der Waals surface area contributed by atoms with E-state index in [0.717, 1.165) is 18.8 Å². The lowest BCUT2D eigenvalue weighted by Gasteiger charge is -2.23. The lowest BCUT2D eigenvalue weighted by Crippen LogP contribution is -2.34. The van der Waals surface area contributed by atoms with Gasteiger partial charge in [-0.15, -0.1) is 0 Å². The first kappa shape index (κ1) is 13.8. The number of anilines is 1. The Morgan fingerprint density at radius 1 is 1.53 bits per heavy atom. The van der Waals surface area contributed by atoms with E-state index in [0.29, 0.717) is 11.6 Å². The summed E-state index contributed by atoms with van der Waals surface area (Å²) in [5.74, 6) is 0. The third-order valence-corrected chi connectivity index (χ3v) is 3.84. The number of aryl methyl sites for hydroxylation is 1. The summed E-state index contributed by atoms with van der Waals surface area (Å²) in [5.41, 5.74) is 1.85. The topological polar surface area (TPSA) is 58.4 Å². The molecule has 1 atom stereocenters. The normalized spacial score (nSPS) is 19.6. The van der Waals surface area contributed by atoms with Crippen LogP contribution in [0.5, 0.6) is 0 Å². The van der Waals surface area contributed by atoms with Crippen molar-refractivity contribution in [3.05, 3.63) is 33.9 Å². The average molecular weight is 263 g/mol. The highest BCUT2D eigenvalue weighted by Crippen LogP contribution is 2.22. The summed E-state index contributed by atoms with van der Waals surface area (Å²) in [6, 6.07) is 5.80. The first-order valence-corrected chi connectivity index (χ1v) is 6.84. The van der Waals surface area contributed by atoms with Crippen molar-refractivity contribution in [2.75, 3.05) is 25.0 Å². The Kier molecular flexibility index (Phi) is 4.37. The van der Waals surface area contributed by atoms with Gasteiger partial charge in [0.15, 0.2) is 0 Å². The lowest BCUT2D eigenvalue weighted by molar-refractivity contribution is -0.385. The molecule has 0 aromatic heterocycles. The van der Waals surface area contributed by atoms with Gasteiger partial charge in [-0.1, -0.05) is 6.92 Å². The number of rotatable bonds is 5. The Morgan fingerprint density at radius 2 is 2.32 bits per heavy atom. The van der Waals surface area contributed by atoms with Crippen LogP contribution >= 0.6 is 0 Å². The SMILES string of the molecule is CCN1CCCC1CNc1ccc([N+](=O)[O-])c(C)c1. The maximum absolute atomic E-state index is 10.8. The second-order valence-corrected chi connectivity index (χ2v) is 5.06. The maximum atomic E-state index is 10.8. The Bertz CT molecular complexity index is 462. The second-order valence-electron chi connectivity index (χ2n) is 5.06. The molecule has 2 rings (SSSR count). The zero-order chi connectivity index (χ0) is 13.8. The van der Waals surface area contributed by atoms with E-state index < -0.39 is 0 Å². The molecule has 0 bridgehead atoms. The van der Waals surface area contributed by atoms with Crippen molar-refractivity contribution in [1.82, 2.24) is 4.90 Å². The number of nitro benzene ring substituents is 1. The van der Waals surface area contributed by atoms with Crippen molar-refractivity contribution in [3.8, 4) is 0 Å². The van der Waals surface area contributed by atoms with Gasteiger partial charge < -0.3 is 5.32 Å². The molecule has 0 aliphatic carbocycles. The number of nitrogens with zero attached hydrogens (tertiary/aromatic N) is 2. The van der Waals surface area contributed by atoms with Gasteiger partial charge in [0.05, 0.1) is 4.92 Å². The first-order chi connectivity index (χ1) is 9.11. The summed E-state index contributed by atoms with van der Waals surface area (Å²) in [6.45, 7) is 7.14. The number of benzene rings is 1. The van der Waals surface area contributed by atoms with Crippen molar-refractivity contribution < 1.29 is 4.92 Å². The molecule has 1 fully saturated rings. The standard InChI is InChI=1S/C14H21N3O2/c1-3-16-8-4-5-13(16)10-15-12-6-7-14(17(18)19)11(2)9-12/h6-7,9,13,15H,3-5,8,10H2,1-2H3. The Labute approximate surface area is 113 Å². The molecule has 1 aliphatic heterocycles. The monoisotopic (exact) mass is 263 g/mol. The zero-order valence-electron chi connectivity index (χ0n) is 11.6. The quantitative estimate of drug-likeness (QED) is 0.655. The maximum Gasteiger partial charge on any atom is 0.272 e. The van der Waals surface area contributed by atoms with Crippen LogP contribution in [0.3, 0.4) is 0 Å². The minimum Gasteiger partial charge on any atom is -0.383 e. The summed E-state index contributed by atoms with van der Waals surface area (Å²) >= 11 is 0. The Balaban J connectivity index is 1.96. The van der Waals surface area contributed by atoms with E-state index in [2.05, 4.69) is 17.1 Å². The van der Waals surface area contributed by atoms with E-state index in [4.69, 9.17) is 0 Å². The molecule has 0 spiro atoms. The molecule has 19 heavy (non-hydrogen) atoms. The molecule has 0 amide bonds. The minimum absolute atomic E-state index is 0.182. The highest BCUT2D eigenvalue weighted by molar-refractivity contribution is 5.53. The molecule has 0 saturated carbocycles. The molecular weight excluding hydrogens is 242 g/mol. The molecule has 5 heteroatoms. The highest BCUT2D eigenvalue weighted by atomic mass is 16.6. The van der Waals surface area contributed by atoms with Crippen molar-refractivity contribution in [2.24, 2.45) is 0 Å².